The van der Waals surface area contributed by atoms with Crippen molar-refractivity contribution in [2.45, 2.75) is 19.4 Å². The topological polar surface area (TPSA) is 92.8 Å². The minimum atomic E-state index is -0.817. The van der Waals surface area contributed by atoms with Crippen LogP contribution < -0.4 is 5.32 Å². The van der Waals surface area contributed by atoms with Gasteiger partial charge in [0.05, 0.1) is 18.9 Å². The van der Waals surface area contributed by atoms with E-state index >= 15 is 0 Å². The fourth-order valence-corrected chi connectivity index (χ4v) is 3.79. The van der Waals surface area contributed by atoms with Crippen LogP contribution in [0.25, 0.3) is 0 Å². The molecule has 1 saturated heterocycles. The highest BCUT2D eigenvalue weighted by atomic mass is 16.5. The van der Waals surface area contributed by atoms with Crippen molar-refractivity contribution < 1.29 is 23.9 Å². The van der Waals surface area contributed by atoms with E-state index < -0.39 is 17.9 Å². The molecule has 2 aliphatic carbocycles. The molecule has 3 rings (SSSR count). The van der Waals surface area contributed by atoms with E-state index in [2.05, 4.69) is 10.1 Å². The summed E-state index contributed by atoms with van der Waals surface area (Å²) in [4.78, 5) is 49.0. The van der Waals surface area contributed by atoms with E-state index in [0.717, 1.165) is 11.3 Å². The Morgan fingerprint density at radius 1 is 1.27 bits per heavy atom. The van der Waals surface area contributed by atoms with Crippen LogP contribution in [0.1, 0.15) is 13.3 Å². The average molecular weight is 306 g/mol. The first-order chi connectivity index (χ1) is 10.4. The first kappa shape index (κ1) is 14.7. The zero-order valence-electron chi connectivity index (χ0n) is 12.4. The molecule has 2 fully saturated rings. The molecule has 5 atom stereocenters. The lowest BCUT2D eigenvalue weighted by Gasteiger charge is -2.18. The maximum absolute atomic E-state index is 12.4. The maximum atomic E-state index is 12.4. The summed E-state index contributed by atoms with van der Waals surface area (Å²) in [6.07, 6.45) is 4.85. The van der Waals surface area contributed by atoms with Gasteiger partial charge in [-0.15, -0.1) is 0 Å². The zero-order chi connectivity index (χ0) is 16.0. The Labute approximate surface area is 127 Å². The summed E-state index contributed by atoms with van der Waals surface area (Å²) in [6.45, 7) is 1.14. The molecule has 3 aliphatic rings. The lowest BCUT2D eigenvalue weighted by atomic mass is 9.85. The predicted octanol–water partition coefficient (Wildman–Crippen LogP) is -0.529. The molecule has 0 aromatic carbocycles. The van der Waals surface area contributed by atoms with E-state index in [1.54, 1.807) is 0 Å². The molecule has 118 valence electrons. The number of hydrogen-bond donors (Lipinski definition) is 1. The van der Waals surface area contributed by atoms with Gasteiger partial charge in [-0.05, 0) is 25.2 Å². The lowest BCUT2D eigenvalue weighted by molar-refractivity contribution is -0.146. The van der Waals surface area contributed by atoms with Crippen molar-refractivity contribution >= 4 is 23.7 Å². The van der Waals surface area contributed by atoms with Gasteiger partial charge >= 0.3 is 5.97 Å². The van der Waals surface area contributed by atoms with E-state index in [1.807, 2.05) is 12.2 Å². The number of nitrogens with one attached hydrogen (secondary N) is 1. The third-order valence-corrected chi connectivity index (χ3v) is 4.80. The normalized spacial score (nSPS) is 33.1. The number of fused-ring (bicyclic) bond motifs is 5. The summed E-state index contributed by atoms with van der Waals surface area (Å²) in [5.74, 6) is -2.05. The van der Waals surface area contributed by atoms with Gasteiger partial charge in [0.1, 0.15) is 12.6 Å². The molecule has 1 aliphatic heterocycles. The smallest absolute Gasteiger partial charge is 0.328 e. The van der Waals surface area contributed by atoms with Gasteiger partial charge in [-0.1, -0.05) is 12.2 Å². The number of imide groups is 1. The van der Waals surface area contributed by atoms with Crippen LogP contribution in [0.2, 0.25) is 0 Å². The highest BCUT2D eigenvalue weighted by molar-refractivity contribution is 6.08. The largest absolute Gasteiger partial charge is 0.467 e. The van der Waals surface area contributed by atoms with Crippen molar-refractivity contribution in [1.82, 2.24) is 10.2 Å². The van der Waals surface area contributed by atoms with Gasteiger partial charge in [-0.25, -0.2) is 4.79 Å². The van der Waals surface area contributed by atoms with Crippen LogP contribution in [-0.4, -0.2) is 48.3 Å². The van der Waals surface area contributed by atoms with Crippen molar-refractivity contribution in [1.29, 1.82) is 0 Å². The molecule has 0 unspecified atom stereocenters. The Morgan fingerprint density at radius 3 is 2.32 bits per heavy atom. The van der Waals surface area contributed by atoms with Gasteiger partial charge < -0.3 is 10.1 Å². The molecule has 22 heavy (non-hydrogen) atoms. The molecule has 0 radical (unpaired) electrons. The van der Waals surface area contributed by atoms with Crippen LogP contribution in [0.3, 0.4) is 0 Å². The Balaban J connectivity index is 1.65. The van der Waals surface area contributed by atoms with Crippen molar-refractivity contribution in [3.63, 3.8) is 0 Å². The zero-order valence-corrected chi connectivity index (χ0v) is 12.4. The molecule has 0 aromatic rings. The minimum absolute atomic E-state index is 0.119. The first-order valence-corrected chi connectivity index (χ1v) is 7.34. The molecule has 7 heteroatoms. The first-order valence-electron chi connectivity index (χ1n) is 7.34. The molecule has 2 bridgehead atoms. The molecule has 3 amide bonds. The van der Waals surface area contributed by atoms with Crippen LogP contribution in [0.5, 0.6) is 0 Å². The van der Waals surface area contributed by atoms with E-state index in [9.17, 15) is 19.2 Å². The predicted molar refractivity (Wildman–Crippen MR) is 74.1 cm³/mol. The number of methoxy groups -OCH3 is 1. The molecule has 1 saturated carbocycles. The van der Waals surface area contributed by atoms with Crippen LogP contribution >= 0.6 is 0 Å². The number of carbonyl (C=O) groups excluding carboxylic acids is 4. The summed E-state index contributed by atoms with van der Waals surface area (Å²) in [5.41, 5.74) is 0. The Hall–Kier alpha value is -2.18. The Kier molecular flexibility index (Phi) is 3.50. The number of hydrogen-bond acceptors (Lipinski definition) is 5. The number of ether oxygens (including phenoxy) is 1. The Bertz CT molecular complexity index is 554. The van der Waals surface area contributed by atoms with Gasteiger partial charge in [0, 0.05) is 0 Å². The average Bonchev–Trinajstić information content (AvgIpc) is 3.16. The highest BCUT2D eigenvalue weighted by Crippen LogP contribution is 2.52. The highest BCUT2D eigenvalue weighted by Gasteiger charge is 2.59. The number of allylic oxidation sites excluding steroid dienone is 2. The van der Waals surface area contributed by atoms with Crippen LogP contribution in [0.4, 0.5) is 0 Å². The van der Waals surface area contributed by atoms with Crippen molar-refractivity contribution in [3.05, 3.63) is 12.2 Å². The maximum Gasteiger partial charge on any atom is 0.328 e. The fourth-order valence-electron chi connectivity index (χ4n) is 3.79. The molecule has 0 aromatic heterocycles. The lowest BCUT2D eigenvalue weighted by Crippen LogP contribution is -2.46. The molecular weight excluding hydrogens is 288 g/mol. The number of amides is 3. The number of esters is 1. The SMILES string of the molecule is COC(=O)[C@H](C)NC(=O)CN1C(=O)[C@@H]2[C@H](C1=O)[C@@H]1C=C[C@H]2C1. The number of carbonyl (C=O) groups is 4. The second-order valence-corrected chi connectivity index (χ2v) is 6.07. The van der Waals surface area contributed by atoms with Crippen LogP contribution in [0, 0.1) is 23.7 Å². The minimum Gasteiger partial charge on any atom is -0.467 e. The van der Waals surface area contributed by atoms with Gasteiger partial charge in [0.2, 0.25) is 17.7 Å². The van der Waals surface area contributed by atoms with Crippen molar-refractivity contribution in [2.24, 2.45) is 23.7 Å². The summed E-state index contributed by atoms with van der Waals surface area (Å²) in [5, 5.41) is 2.43. The van der Waals surface area contributed by atoms with Gasteiger partial charge in [0.15, 0.2) is 0 Å². The summed E-state index contributed by atoms with van der Waals surface area (Å²) >= 11 is 0. The molecular formula is C15H18N2O5. The number of likely N-dealkylation sites (tertiary alicyclic amines) is 1. The van der Waals surface area contributed by atoms with Crippen LogP contribution in [0.15, 0.2) is 12.2 Å². The van der Waals surface area contributed by atoms with Gasteiger partial charge in [0.25, 0.3) is 0 Å². The van der Waals surface area contributed by atoms with Crippen molar-refractivity contribution in [3.8, 4) is 0 Å². The second kappa shape index (κ2) is 5.23. The number of nitrogens with zero attached hydrogens (tertiary/aromatic N) is 1. The quantitative estimate of drug-likeness (QED) is 0.428. The second-order valence-electron chi connectivity index (χ2n) is 6.07. The van der Waals surface area contributed by atoms with E-state index in [-0.39, 0.29) is 42.0 Å². The van der Waals surface area contributed by atoms with Gasteiger partial charge in [-0.2, -0.15) is 0 Å². The Morgan fingerprint density at radius 2 is 1.82 bits per heavy atom. The molecule has 0 spiro atoms. The van der Waals surface area contributed by atoms with E-state index in [4.69, 9.17) is 0 Å². The third-order valence-electron chi connectivity index (χ3n) is 4.80. The van der Waals surface area contributed by atoms with Crippen LogP contribution in [-0.2, 0) is 23.9 Å². The van der Waals surface area contributed by atoms with Crippen molar-refractivity contribution in [2.75, 3.05) is 13.7 Å². The molecule has 1 N–H and O–H groups in total. The monoisotopic (exact) mass is 306 g/mol. The summed E-state index contributed by atoms with van der Waals surface area (Å²) < 4.78 is 4.51. The summed E-state index contributed by atoms with van der Waals surface area (Å²) in [7, 11) is 1.22. The number of rotatable bonds is 4. The standard InChI is InChI=1S/C15H18N2O5/c1-7(15(21)22-2)16-10(18)6-17-13(19)11-8-3-4-9(5-8)12(11)14(17)20/h3-4,7-9,11-12H,5-6H2,1-2H3,(H,16,18)/t7-,8-,9+,11-,12+/m0/s1. The molecule has 1 heterocycles. The fraction of sp³-hybridized carbons (Fsp3) is 0.600. The third kappa shape index (κ3) is 2.12. The molecule has 7 nitrogen and oxygen atoms in total. The van der Waals surface area contributed by atoms with Gasteiger partial charge in [-0.3, -0.25) is 19.3 Å². The van der Waals surface area contributed by atoms with E-state index in [0.29, 0.717) is 0 Å². The van der Waals surface area contributed by atoms with E-state index in [1.165, 1.54) is 14.0 Å². The summed E-state index contributed by atoms with van der Waals surface area (Å²) in [6, 6.07) is -0.817.